The lowest BCUT2D eigenvalue weighted by Crippen LogP contribution is -2.58. The SMILES string of the molecule is COC1(c2ccnc(C(N)=O)c2)C2CCCC1CN(Cc1cccc(=O)[nH]1)C2.Cl. The van der Waals surface area contributed by atoms with Crippen molar-refractivity contribution >= 4 is 18.3 Å². The number of hydrogen-bond donors (Lipinski definition) is 2. The van der Waals surface area contributed by atoms with Gasteiger partial charge in [-0.1, -0.05) is 12.5 Å². The van der Waals surface area contributed by atoms with E-state index in [1.54, 1.807) is 25.4 Å². The van der Waals surface area contributed by atoms with Crippen LogP contribution in [0.2, 0.25) is 0 Å². The summed E-state index contributed by atoms with van der Waals surface area (Å²) >= 11 is 0. The highest BCUT2D eigenvalue weighted by atomic mass is 35.5. The highest BCUT2D eigenvalue weighted by Gasteiger charge is 2.53. The van der Waals surface area contributed by atoms with Crippen molar-refractivity contribution in [2.75, 3.05) is 20.2 Å². The molecule has 3 heterocycles. The number of piperidine rings is 1. The highest BCUT2D eigenvalue weighted by molar-refractivity contribution is 5.90. The second-order valence-electron chi connectivity index (χ2n) is 7.85. The number of aromatic nitrogens is 2. The number of H-pyrrole nitrogens is 1. The quantitative estimate of drug-likeness (QED) is 0.773. The molecule has 1 aliphatic carbocycles. The second-order valence-corrected chi connectivity index (χ2v) is 7.85. The number of likely N-dealkylation sites (tertiary alicyclic amines) is 1. The third-order valence-corrected chi connectivity index (χ3v) is 6.30. The summed E-state index contributed by atoms with van der Waals surface area (Å²) < 4.78 is 6.22. The molecule has 0 aromatic carbocycles. The van der Waals surface area contributed by atoms with Crippen LogP contribution in [0.15, 0.2) is 41.3 Å². The number of pyridine rings is 2. The molecule has 1 saturated carbocycles. The van der Waals surface area contributed by atoms with E-state index in [9.17, 15) is 9.59 Å². The standard InChI is InChI=1S/C21H26N4O3.ClH/c1-28-21(14-8-9-23-18(10-14)20(22)27)15-4-2-5-16(21)12-25(11-15)13-17-6-3-7-19(26)24-17;/h3,6-10,15-16H,2,4-5,11-13H2,1H3,(H2,22,27)(H,24,26);1H. The fraction of sp³-hybridized carbons (Fsp3) is 0.476. The summed E-state index contributed by atoms with van der Waals surface area (Å²) in [5.74, 6) is 0.0656. The first-order valence-electron chi connectivity index (χ1n) is 9.75. The number of amides is 1. The minimum atomic E-state index is -0.524. The first kappa shape index (κ1) is 21.5. The maximum atomic E-state index is 11.6. The predicted octanol–water partition coefficient (Wildman–Crippen LogP) is 2.06. The maximum absolute atomic E-state index is 11.6. The summed E-state index contributed by atoms with van der Waals surface area (Å²) in [6.07, 6.45) is 4.93. The average molecular weight is 419 g/mol. The van der Waals surface area contributed by atoms with Gasteiger partial charge in [-0.15, -0.1) is 12.4 Å². The van der Waals surface area contributed by atoms with Crippen molar-refractivity contribution in [3.63, 3.8) is 0 Å². The van der Waals surface area contributed by atoms with Gasteiger partial charge in [0.15, 0.2) is 0 Å². The molecule has 1 aliphatic heterocycles. The number of hydrogen-bond acceptors (Lipinski definition) is 5. The molecule has 1 amide bonds. The third kappa shape index (κ3) is 3.95. The smallest absolute Gasteiger partial charge is 0.267 e. The van der Waals surface area contributed by atoms with E-state index in [-0.39, 0.29) is 23.7 Å². The maximum Gasteiger partial charge on any atom is 0.267 e. The van der Waals surface area contributed by atoms with Crippen LogP contribution >= 0.6 is 12.4 Å². The molecule has 0 spiro atoms. The Hall–Kier alpha value is -2.22. The lowest BCUT2D eigenvalue weighted by Gasteiger charge is -2.55. The van der Waals surface area contributed by atoms with Crippen LogP contribution in [-0.2, 0) is 16.9 Å². The van der Waals surface area contributed by atoms with Gasteiger partial charge in [0, 0.05) is 56.5 Å². The van der Waals surface area contributed by atoms with Crippen molar-refractivity contribution in [3.05, 3.63) is 63.8 Å². The van der Waals surface area contributed by atoms with Crippen molar-refractivity contribution < 1.29 is 9.53 Å². The molecule has 2 atom stereocenters. The largest absolute Gasteiger partial charge is 0.373 e. The number of fused-ring (bicyclic) bond motifs is 2. The first-order chi connectivity index (χ1) is 13.5. The lowest BCUT2D eigenvalue weighted by atomic mass is 9.62. The zero-order chi connectivity index (χ0) is 19.7. The van der Waals surface area contributed by atoms with Crippen molar-refractivity contribution in [3.8, 4) is 0 Å². The van der Waals surface area contributed by atoms with E-state index in [4.69, 9.17) is 10.5 Å². The normalized spacial score (nSPS) is 26.5. The average Bonchev–Trinajstić information content (AvgIpc) is 2.67. The van der Waals surface area contributed by atoms with Crippen LogP contribution in [-0.4, -0.2) is 41.0 Å². The number of carbonyl (C=O) groups is 1. The molecule has 2 unspecified atom stereocenters. The minimum absolute atomic E-state index is 0. The molecule has 156 valence electrons. The Kier molecular flexibility index (Phi) is 6.41. The van der Waals surface area contributed by atoms with Crippen LogP contribution in [0.1, 0.15) is 41.0 Å². The molecular weight excluding hydrogens is 392 g/mol. The van der Waals surface area contributed by atoms with E-state index in [0.717, 1.165) is 37.2 Å². The van der Waals surface area contributed by atoms with Crippen LogP contribution in [0, 0.1) is 11.8 Å². The molecule has 8 heteroatoms. The van der Waals surface area contributed by atoms with Gasteiger partial charge in [0.2, 0.25) is 5.56 Å². The van der Waals surface area contributed by atoms with E-state index in [1.807, 2.05) is 12.1 Å². The van der Waals surface area contributed by atoms with Crippen molar-refractivity contribution in [2.45, 2.75) is 31.4 Å². The van der Waals surface area contributed by atoms with Gasteiger partial charge >= 0.3 is 0 Å². The Morgan fingerprint density at radius 2 is 2.03 bits per heavy atom. The molecule has 29 heavy (non-hydrogen) atoms. The van der Waals surface area contributed by atoms with Crippen molar-refractivity contribution in [1.29, 1.82) is 0 Å². The molecule has 7 nitrogen and oxygen atoms in total. The predicted molar refractivity (Wildman–Crippen MR) is 112 cm³/mol. The van der Waals surface area contributed by atoms with Gasteiger partial charge in [-0.3, -0.25) is 19.5 Å². The van der Waals surface area contributed by atoms with Crippen LogP contribution in [0.3, 0.4) is 0 Å². The van der Waals surface area contributed by atoms with E-state index >= 15 is 0 Å². The van der Waals surface area contributed by atoms with Gasteiger partial charge in [0.05, 0.1) is 0 Å². The Bertz CT molecular complexity index is 918. The van der Waals surface area contributed by atoms with Crippen LogP contribution < -0.4 is 11.3 Å². The number of nitrogens with two attached hydrogens (primary N) is 1. The number of nitrogens with zero attached hydrogens (tertiary/aromatic N) is 2. The number of halogens is 1. The van der Waals surface area contributed by atoms with E-state index in [0.29, 0.717) is 18.4 Å². The Balaban J connectivity index is 0.00000240. The number of primary amides is 1. The number of nitrogens with one attached hydrogen (secondary N) is 1. The van der Waals surface area contributed by atoms with Crippen molar-refractivity contribution in [1.82, 2.24) is 14.9 Å². The first-order valence-corrected chi connectivity index (χ1v) is 9.75. The molecule has 1 saturated heterocycles. The molecule has 2 aliphatic rings. The molecule has 2 fully saturated rings. The highest BCUT2D eigenvalue weighted by Crippen LogP contribution is 2.51. The van der Waals surface area contributed by atoms with Gasteiger partial charge in [-0.2, -0.15) is 0 Å². The van der Waals surface area contributed by atoms with E-state index < -0.39 is 11.5 Å². The zero-order valence-electron chi connectivity index (χ0n) is 16.5. The minimum Gasteiger partial charge on any atom is -0.373 e. The van der Waals surface area contributed by atoms with Gasteiger partial charge in [-0.05, 0) is 36.6 Å². The molecule has 0 radical (unpaired) electrons. The molecule has 2 aromatic heterocycles. The van der Waals surface area contributed by atoms with Gasteiger partial charge < -0.3 is 15.5 Å². The zero-order valence-corrected chi connectivity index (χ0v) is 17.3. The van der Waals surface area contributed by atoms with E-state index in [2.05, 4.69) is 14.9 Å². The summed E-state index contributed by atoms with van der Waals surface area (Å²) in [6, 6.07) is 9.02. The van der Waals surface area contributed by atoms with Crippen LogP contribution in [0.5, 0.6) is 0 Å². The summed E-state index contributed by atoms with van der Waals surface area (Å²) in [7, 11) is 1.76. The fourth-order valence-corrected chi connectivity index (χ4v) is 5.21. The number of methoxy groups -OCH3 is 1. The lowest BCUT2D eigenvalue weighted by molar-refractivity contribution is -0.170. The van der Waals surface area contributed by atoms with Crippen LogP contribution in [0.4, 0.5) is 0 Å². The fourth-order valence-electron chi connectivity index (χ4n) is 5.21. The Morgan fingerprint density at radius 1 is 1.31 bits per heavy atom. The van der Waals surface area contributed by atoms with Crippen LogP contribution in [0.25, 0.3) is 0 Å². The third-order valence-electron chi connectivity index (χ3n) is 6.30. The summed E-state index contributed by atoms with van der Waals surface area (Å²) in [5, 5.41) is 0. The summed E-state index contributed by atoms with van der Waals surface area (Å²) in [6.45, 7) is 2.46. The monoisotopic (exact) mass is 418 g/mol. The molecular formula is C21H27ClN4O3. The molecule has 4 rings (SSSR count). The molecule has 3 N–H and O–H groups in total. The Morgan fingerprint density at radius 3 is 2.66 bits per heavy atom. The molecule has 2 aromatic rings. The second kappa shape index (κ2) is 8.65. The van der Waals surface area contributed by atoms with Gasteiger partial charge in [0.1, 0.15) is 11.3 Å². The Labute approximate surface area is 176 Å². The topological polar surface area (TPSA) is 101 Å². The number of aromatic amines is 1. The van der Waals surface area contributed by atoms with Crippen molar-refractivity contribution in [2.24, 2.45) is 17.6 Å². The van der Waals surface area contributed by atoms with Gasteiger partial charge in [-0.25, -0.2) is 0 Å². The summed E-state index contributed by atoms with van der Waals surface area (Å²) in [5.41, 5.74) is 7.13. The summed E-state index contributed by atoms with van der Waals surface area (Å²) in [4.78, 5) is 32.7. The number of carbonyl (C=O) groups excluding carboxylic acids is 1. The number of ether oxygens (including phenoxy) is 1. The number of rotatable bonds is 5. The van der Waals surface area contributed by atoms with Gasteiger partial charge in [0.25, 0.3) is 5.91 Å². The van der Waals surface area contributed by atoms with E-state index in [1.165, 1.54) is 12.5 Å². The molecule has 2 bridgehead atoms.